The Morgan fingerprint density at radius 2 is 2.23 bits per heavy atom. The molecule has 1 amide bonds. The van der Waals surface area contributed by atoms with Crippen molar-refractivity contribution in [3.05, 3.63) is 41.7 Å². The average molecular weight is 293 g/mol. The fraction of sp³-hybridized carbons (Fsp3) is 0.389. The average Bonchev–Trinajstić information content (AvgIpc) is 3.09. The van der Waals surface area contributed by atoms with Gasteiger partial charge in [0.05, 0.1) is 11.1 Å². The maximum absolute atomic E-state index is 12.5. The molecule has 4 heterocycles. The molecule has 2 aromatic rings. The van der Waals surface area contributed by atoms with Crippen molar-refractivity contribution in [2.24, 2.45) is 5.92 Å². The van der Waals surface area contributed by atoms with Gasteiger partial charge < -0.3 is 14.6 Å². The van der Waals surface area contributed by atoms with E-state index in [1.807, 2.05) is 35.0 Å². The molecular weight excluding hydrogens is 274 g/mol. The van der Waals surface area contributed by atoms with Gasteiger partial charge in [-0.2, -0.15) is 0 Å². The smallest absolute Gasteiger partial charge is 0.253 e. The van der Waals surface area contributed by atoms with Gasteiger partial charge in [-0.15, -0.1) is 6.42 Å². The van der Waals surface area contributed by atoms with Crippen LogP contribution in [0.5, 0.6) is 0 Å². The molecule has 0 aromatic carbocycles. The molecule has 2 bridgehead atoms. The normalized spacial score (nSPS) is 26.8. The van der Waals surface area contributed by atoms with E-state index in [9.17, 15) is 4.79 Å². The lowest BCUT2D eigenvalue weighted by molar-refractivity contribution is 0.0909. The van der Waals surface area contributed by atoms with E-state index in [0.29, 0.717) is 5.56 Å². The number of nitrogens with zero attached hydrogens (tertiary/aromatic N) is 2. The zero-order chi connectivity index (χ0) is 15.1. The fourth-order valence-corrected chi connectivity index (χ4v) is 3.80. The fourth-order valence-electron chi connectivity index (χ4n) is 3.80. The Morgan fingerprint density at radius 1 is 1.32 bits per heavy atom. The third kappa shape index (κ3) is 2.28. The maximum Gasteiger partial charge on any atom is 0.253 e. The van der Waals surface area contributed by atoms with Crippen LogP contribution in [0.4, 0.5) is 0 Å². The highest BCUT2D eigenvalue weighted by molar-refractivity contribution is 5.94. The van der Waals surface area contributed by atoms with E-state index >= 15 is 0 Å². The number of amides is 1. The third-order valence-corrected chi connectivity index (χ3v) is 4.87. The van der Waals surface area contributed by atoms with E-state index in [1.54, 1.807) is 0 Å². The van der Waals surface area contributed by atoms with Crippen LogP contribution in [0.15, 0.2) is 30.6 Å². The monoisotopic (exact) mass is 293 g/mol. The van der Waals surface area contributed by atoms with Crippen molar-refractivity contribution in [3.63, 3.8) is 0 Å². The van der Waals surface area contributed by atoms with Crippen LogP contribution in [0, 0.1) is 18.3 Å². The topological polar surface area (TPSA) is 36.8 Å². The molecule has 112 valence electrons. The standard InChI is InChI=1S/C18H19N3O/c1-2-14-6-8-21-11-15(3-4-17(14)21)18(22)19-16-9-13-5-7-20(10-13)12-16/h1,3-4,6,8,11,13,16H,5,7,9-10,12H2,(H,19,22). The van der Waals surface area contributed by atoms with Gasteiger partial charge in [-0.3, -0.25) is 4.79 Å². The zero-order valence-electron chi connectivity index (χ0n) is 12.5. The number of nitrogens with one attached hydrogen (secondary N) is 1. The summed E-state index contributed by atoms with van der Waals surface area (Å²) >= 11 is 0. The van der Waals surface area contributed by atoms with E-state index in [4.69, 9.17) is 6.42 Å². The number of hydrogen-bond acceptors (Lipinski definition) is 2. The van der Waals surface area contributed by atoms with Crippen molar-refractivity contribution in [1.82, 2.24) is 14.6 Å². The van der Waals surface area contributed by atoms with Gasteiger partial charge in [0, 0.05) is 37.1 Å². The lowest BCUT2D eigenvalue weighted by Gasteiger charge is -2.30. The van der Waals surface area contributed by atoms with Crippen molar-refractivity contribution < 1.29 is 4.79 Å². The summed E-state index contributed by atoms with van der Waals surface area (Å²) < 4.78 is 1.91. The van der Waals surface area contributed by atoms with E-state index < -0.39 is 0 Å². The van der Waals surface area contributed by atoms with E-state index in [1.165, 1.54) is 19.5 Å². The summed E-state index contributed by atoms with van der Waals surface area (Å²) in [6, 6.07) is 5.93. The highest BCUT2D eigenvalue weighted by Gasteiger charge is 2.32. The molecule has 4 rings (SSSR count). The summed E-state index contributed by atoms with van der Waals surface area (Å²) in [6.45, 7) is 3.37. The summed E-state index contributed by atoms with van der Waals surface area (Å²) in [6.07, 6.45) is 11.6. The van der Waals surface area contributed by atoms with Crippen LogP contribution >= 0.6 is 0 Å². The number of carbonyl (C=O) groups is 1. The molecule has 2 aromatic heterocycles. The summed E-state index contributed by atoms with van der Waals surface area (Å²) in [4.78, 5) is 14.9. The Hall–Kier alpha value is -2.25. The number of pyridine rings is 1. The SMILES string of the molecule is C#Cc1ccn2cc(C(=O)NC3CC4CCN(C4)C3)ccc12. The van der Waals surface area contributed by atoms with Crippen LogP contribution in [-0.4, -0.2) is 40.9 Å². The Morgan fingerprint density at radius 3 is 3.05 bits per heavy atom. The van der Waals surface area contributed by atoms with Crippen molar-refractivity contribution >= 4 is 11.4 Å². The first-order chi connectivity index (χ1) is 10.7. The van der Waals surface area contributed by atoms with Crippen molar-refractivity contribution in [2.45, 2.75) is 18.9 Å². The third-order valence-electron chi connectivity index (χ3n) is 4.87. The van der Waals surface area contributed by atoms with Gasteiger partial charge in [0.2, 0.25) is 0 Å². The zero-order valence-corrected chi connectivity index (χ0v) is 12.5. The van der Waals surface area contributed by atoms with Crippen molar-refractivity contribution in [3.8, 4) is 12.3 Å². The van der Waals surface area contributed by atoms with Crippen LogP contribution in [0.2, 0.25) is 0 Å². The summed E-state index contributed by atoms with van der Waals surface area (Å²) in [5.41, 5.74) is 2.49. The molecule has 4 nitrogen and oxygen atoms in total. The van der Waals surface area contributed by atoms with Gasteiger partial charge in [-0.25, -0.2) is 0 Å². The van der Waals surface area contributed by atoms with Gasteiger partial charge in [-0.1, -0.05) is 5.92 Å². The number of terminal acetylenes is 1. The number of rotatable bonds is 2. The first kappa shape index (κ1) is 13.4. The van der Waals surface area contributed by atoms with Crippen molar-refractivity contribution in [2.75, 3.05) is 19.6 Å². The molecule has 2 aliphatic heterocycles. The van der Waals surface area contributed by atoms with Gasteiger partial charge in [0.1, 0.15) is 0 Å². The molecular formula is C18H19N3O. The molecule has 2 saturated heterocycles. The number of fused-ring (bicyclic) bond motifs is 3. The Kier molecular flexibility index (Phi) is 3.16. The van der Waals surface area contributed by atoms with Gasteiger partial charge >= 0.3 is 0 Å². The van der Waals surface area contributed by atoms with Crippen LogP contribution in [0.25, 0.3) is 5.52 Å². The first-order valence-electron chi connectivity index (χ1n) is 7.83. The molecule has 0 saturated carbocycles. The molecule has 3 atom stereocenters. The molecule has 22 heavy (non-hydrogen) atoms. The Balaban J connectivity index is 1.52. The molecule has 0 radical (unpaired) electrons. The van der Waals surface area contributed by atoms with Gasteiger partial charge in [-0.05, 0) is 43.5 Å². The molecule has 3 unspecified atom stereocenters. The Labute approximate surface area is 130 Å². The Bertz CT molecular complexity index is 758. The summed E-state index contributed by atoms with van der Waals surface area (Å²) in [7, 11) is 0. The maximum atomic E-state index is 12.5. The second-order valence-corrected chi connectivity index (χ2v) is 6.40. The second-order valence-electron chi connectivity index (χ2n) is 6.40. The molecule has 0 spiro atoms. The molecule has 1 N–H and O–H groups in total. The van der Waals surface area contributed by atoms with Crippen LogP contribution in [-0.2, 0) is 0 Å². The lowest BCUT2D eigenvalue weighted by atomic mass is 9.96. The minimum absolute atomic E-state index is 0.00496. The molecule has 4 heteroatoms. The molecule has 2 aliphatic rings. The highest BCUT2D eigenvalue weighted by atomic mass is 16.1. The van der Waals surface area contributed by atoms with Crippen LogP contribution in [0.1, 0.15) is 28.8 Å². The number of hydrogen-bond donors (Lipinski definition) is 1. The second kappa shape index (κ2) is 5.19. The largest absolute Gasteiger partial charge is 0.348 e. The quantitative estimate of drug-likeness (QED) is 0.856. The summed E-state index contributed by atoms with van der Waals surface area (Å²) in [5.74, 6) is 3.41. The van der Waals surface area contributed by atoms with E-state index in [2.05, 4.69) is 16.1 Å². The van der Waals surface area contributed by atoms with E-state index in [-0.39, 0.29) is 11.9 Å². The molecule has 0 aliphatic carbocycles. The number of carbonyl (C=O) groups excluding carboxylic acids is 1. The van der Waals surface area contributed by atoms with Crippen molar-refractivity contribution in [1.29, 1.82) is 0 Å². The number of aromatic nitrogens is 1. The summed E-state index contributed by atoms with van der Waals surface area (Å²) in [5, 5.41) is 3.19. The predicted molar refractivity (Wildman–Crippen MR) is 85.8 cm³/mol. The van der Waals surface area contributed by atoms with Crippen LogP contribution in [0.3, 0.4) is 0 Å². The molecule has 2 fully saturated rings. The van der Waals surface area contributed by atoms with Gasteiger partial charge in [0.25, 0.3) is 5.91 Å². The minimum Gasteiger partial charge on any atom is -0.348 e. The predicted octanol–water partition coefficient (Wildman–Crippen LogP) is 1.74. The van der Waals surface area contributed by atoms with Gasteiger partial charge in [0.15, 0.2) is 0 Å². The van der Waals surface area contributed by atoms with Crippen LogP contribution < -0.4 is 5.32 Å². The lowest BCUT2D eigenvalue weighted by Crippen LogP contribution is -2.47. The minimum atomic E-state index is 0.00496. The first-order valence-corrected chi connectivity index (χ1v) is 7.83. The van der Waals surface area contributed by atoms with E-state index in [0.717, 1.165) is 30.0 Å². The highest BCUT2D eigenvalue weighted by Crippen LogP contribution is 2.26. The number of piperidine rings is 1.